The lowest BCUT2D eigenvalue weighted by Gasteiger charge is -2.05. The Kier molecular flexibility index (Phi) is 5.99. The summed E-state index contributed by atoms with van der Waals surface area (Å²) in [6.07, 6.45) is 3.70. The third kappa shape index (κ3) is 5.70. The lowest BCUT2D eigenvalue weighted by atomic mass is 10.1. The molecule has 0 unspecified atom stereocenters. The topological polar surface area (TPSA) is 83.5 Å². The summed E-state index contributed by atoms with van der Waals surface area (Å²) in [6, 6.07) is 13.0. The highest BCUT2D eigenvalue weighted by Gasteiger charge is 2.07. The van der Waals surface area contributed by atoms with Crippen LogP contribution >= 0.6 is 0 Å². The molecule has 1 heterocycles. The van der Waals surface area contributed by atoms with Gasteiger partial charge in [-0.2, -0.15) is 5.10 Å². The first kappa shape index (κ1) is 16.4. The molecule has 0 saturated carbocycles. The zero-order chi connectivity index (χ0) is 16.5. The molecule has 0 aliphatic heterocycles. The molecule has 0 atom stereocenters. The average Bonchev–Trinajstić information content (AvgIpc) is 2.59. The summed E-state index contributed by atoms with van der Waals surface area (Å²) < 4.78 is 0. The minimum absolute atomic E-state index is 0.136. The van der Waals surface area contributed by atoms with Crippen molar-refractivity contribution in [2.24, 2.45) is 5.10 Å². The number of hydrazone groups is 1. The number of nitrogens with zero attached hydrogens (tertiary/aromatic N) is 2. The molecule has 0 fully saturated rings. The van der Waals surface area contributed by atoms with E-state index < -0.39 is 0 Å². The number of aromatic nitrogens is 1. The highest BCUT2D eigenvalue weighted by molar-refractivity contribution is 5.96. The molecule has 1 aromatic carbocycles. The summed E-state index contributed by atoms with van der Waals surface area (Å²) >= 11 is 0. The molecule has 6 nitrogen and oxygen atoms in total. The van der Waals surface area contributed by atoms with Crippen LogP contribution in [0.15, 0.2) is 60.0 Å². The fourth-order valence-corrected chi connectivity index (χ4v) is 1.89. The molecule has 0 saturated heterocycles. The first-order chi connectivity index (χ1) is 11.1. The van der Waals surface area contributed by atoms with Gasteiger partial charge in [0.25, 0.3) is 11.8 Å². The molecular formula is C17H18N4O2. The third-order valence-electron chi connectivity index (χ3n) is 3.03. The van der Waals surface area contributed by atoms with Gasteiger partial charge in [0.05, 0.1) is 6.54 Å². The fourth-order valence-electron chi connectivity index (χ4n) is 1.89. The lowest BCUT2D eigenvalue weighted by molar-refractivity contribution is -0.120. The van der Waals surface area contributed by atoms with Gasteiger partial charge in [-0.1, -0.05) is 30.3 Å². The van der Waals surface area contributed by atoms with Crippen molar-refractivity contribution in [2.45, 2.75) is 13.3 Å². The average molecular weight is 310 g/mol. The van der Waals surface area contributed by atoms with Gasteiger partial charge in [0.15, 0.2) is 0 Å². The normalized spacial score (nSPS) is 10.9. The fraction of sp³-hybridized carbons (Fsp3) is 0.176. The smallest absolute Gasteiger partial charge is 0.259 e. The van der Waals surface area contributed by atoms with Gasteiger partial charge < -0.3 is 5.32 Å². The number of hydrogen-bond donors (Lipinski definition) is 2. The molecule has 2 rings (SSSR count). The van der Waals surface area contributed by atoms with Crippen LogP contribution in [0, 0.1) is 0 Å². The van der Waals surface area contributed by atoms with Gasteiger partial charge in [0.1, 0.15) is 0 Å². The van der Waals surface area contributed by atoms with Crippen molar-refractivity contribution in [3.05, 3.63) is 66.0 Å². The summed E-state index contributed by atoms with van der Waals surface area (Å²) in [5, 5.41) is 6.55. The maximum atomic E-state index is 11.8. The molecule has 2 N–H and O–H groups in total. The van der Waals surface area contributed by atoms with Crippen molar-refractivity contribution < 1.29 is 9.59 Å². The highest BCUT2D eigenvalue weighted by atomic mass is 16.2. The number of rotatable bonds is 6. The lowest BCUT2D eigenvalue weighted by Crippen LogP contribution is -2.35. The molecule has 6 heteroatoms. The van der Waals surface area contributed by atoms with Gasteiger partial charge in [-0.3, -0.25) is 14.6 Å². The summed E-state index contributed by atoms with van der Waals surface area (Å²) in [7, 11) is 0. The minimum atomic E-state index is -0.375. The van der Waals surface area contributed by atoms with E-state index in [-0.39, 0.29) is 18.4 Å². The van der Waals surface area contributed by atoms with Crippen molar-refractivity contribution in [3.63, 3.8) is 0 Å². The Morgan fingerprint density at radius 1 is 1.09 bits per heavy atom. The molecule has 0 bridgehead atoms. The van der Waals surface area contributed by atoms with Crippen molar-refractivity contribution in [3.8, 4) is 0 Å². The Morgan fingerprint density at radius 3 is 2.48 bits per heavy atom. The molecule has 0 aliphatic rings. The monoisotopic (exact) mass is 310 g/mol. The van der Waals surface area contributed by atoms with Crippen LogP contribution in [0.3, 0.4) is 0 Å². The number of pyridine rings is 1. The number of hydrogen-bond acceptors (Lipinski definition) is 4. The second-order valence-electron chi connectivity index (χ2n) is 4.96. The van der Waals surface area contributed by atoms with E-state index >= 15 is 0 Å². The summed E-state index contributed by atoms with van der Waals surface area (Å²) in [5.74, 6) is -0.702. The van der Waals surface area contributed by atoms with Crippen LogP contribution in [0.25, 0.3) is 0 Å². The Hall–Kier alpha value is -3.02. The number of benzene rings is 1. The zero-order valence-electron chi connectivity index (χ0n) is 12.8. The van der Waals surface area contributed by atoms with Crippen molar-refractivity contribution in [1.82, 2.24) is 15.7 Å². The molecule has 1 aromatic heterocycles. The summed E-state index contributed by atoms with van der Waals surface area (Å²) in [6.45, 7) is 1.70. The van der Waals surface area contributed by atoms with Gasteiger partial charge in [-0.05, 0) is 24.6 Å². The van der Waals surface area contributed by atoms with Crippen LogP contribution < -0.4 is 10.7 Å². The van der Waals surface area contributed by atoms with E-state index in [0.29, 0.717) is 12.0 Å². The number of amides is 2. The maximum Gasteiger partial charge on any atom is 0.259 e. The Balaban J connectivity index is 1.76. The first-order valence-corrected chi connectivity index (χ1v) is 7.19. The number of nitrogens with one attached hydrogen (secondary N) is 2. The van der Waals surface area contributed by atoms with E-state index in [2.05, 4.69) is 20.8 Å². The number of carbonyl (C=O) groups excluding carboxylic acids is 2. The van der Waals surface area contributed by atoms with Crippen molar-refractivity contribution in [2.75, 3.05) is 6.54 Å². The zero-order valence-corrected chi connectivity index (χ0v) is 12.8. The highest BCUT2D eigenvalue weighted by Crippen LogP contribution is 2.00. The second-order valence-corrected chi connectivity index (χ2v) is 4.96. The van der Waals surface area contributed by atoms with E-state index in [1.165, 1.54) is 12.4 Å². The molecule has 0 radical (unpaired) electrons. The van der Waals surface area contributed by atoms with Gasteiger partial charge in [-0.15, -0.1) is 0 Å². The summed E-state index contributed by atoms with van der Waals surface area (Å²) in [5.41, 5.74) is 4.79. The van der Waals surface area contributed by atoms with Crippen LogP contribution in [-0.4, -0.2) is 29.1 Å². The van der Waals surface area contributed by atoms with Gasteiger partial charge >= 0.3 is 0 Å². The number of carbonyl (C=O) groups is 2. The second kappa shape index (κ2) is 8.43. The third-order valence-corrected chi connectivity index (χ3v) is 3.03. The molecule has 2 aromatic rings. The van der Waals surface area contributed by atoms with E-state index in [0.717, 1.165) is 11.3 Å². The van der Waals surface area contributed by atoms with Crippen LogP contribution in [0.2, 0.25) is 0 Å². The van der Waals surface area contributed by atoms with E-state index in [1.54, 1.807) is 12.1 Å². The first-order valence-electron chi connectivity index (χ1n) is 7.19. The van der Waals surface area contributed by atoms with Crippen LogP contribution in [0.4, 0.5) is 0 Å². The van der Waals surface area contributed by atoms with Gasteiger partial charge in [0.2, 0.25) is 0 Å². The Labute approximate surface area is 134 Å². The molecular weight excluding hydrogens is 292 g/mol. The molecule has 23 heavy (non-hydrogen) atoms. The van der Waals surface area contributed by atoms with E-state index in [9.17, 15) is 9.59 Å². The Morgan fingerprint density at radius 2 is 1.78 bits per heavy atom. The standard InChI is InChI=1S/C17H18N4O2/c1-13(11-14-5-3-2-4-6-14)20-21-16(22)12-19-17(23)15-7-9-18-10-8-15/h2-10H,11-12H2,1H3,(H,19,23)(H,21,22). The van der Waals surface area contributed by atoms with Crippen LogP contribution in [-0.2, 0) is 11.2 Å². The SMILES string of the molecule is CC(Cc1ccccc1)=NNC(=O)CNC(=O)c1ccncc1. The van der Waals surface area contributed by atoms with Gasteiger partial charge in [0, 0.05) is 30.1 Å². The van der Waals surface area contributed by atoms with E-state index in [4.69, 9.17) is 0 Å². The predicted octanol–water partition coefficient (Wildman–Crippen LogP) is 1.55. The molecule has 118 valence electrons. The van der Waals surface area contributed by atoms with Crippen molar-refractivity contribution >= 4 is 17.5 Å². The van der Waals surface area contributed by atoms with Crippen LogP contribution in [0.5, 0.6) is 0 Å². The predicted molar refractivity (Wildman–Crippen MR) is 88.0 cm³/mol. The summed E-state index contributed by atoms with van der Waals surface area (Å²) in [4.78, 5) is 27.3. The molecule has 2 amide bonds. The van der Waals surface area contributed by atoms with E-state index in [1.807, 2.05) is 37.3 Å². The molecule has 0 aliphatic carbocycles. The quantitative estimate of drug-likeness (QED) is 0.627. The maximum absolute atomic E-state index is 11.8. The van der Waals surface area contributed by atoms with Crippen LogP contribution in [0.1, 0.15) is 22.8 Å². The molecule has 0 spiro atoms. The largest absolute Gasteiger partial charge is 0.343 e. The Bertz CT molecular complexity index is 684. The minimum Gasteiger partial charge on any atom is -0.343 e. The van der Waals surface area contributed by atoms with Crippen molar-refractivity contribution in [1.29, 1.82) is 0 Å². The van der Waals surface area contributed by atoms with Gasteiger partial charge in [-0.25, -0.2) is 5.43 Å².